The number of carbonyl (C=O) groups excluding carboxylic acids is 1. The first-order valence-corrected chi connectivity index (χ1v) is 9.27. The zero-order valence-corrected chi connectivity index (χ0v) is 14.4. The molecule has 2 fully saturated rings. The van der Waals surface area contributed by atoms with Gasteiger partial charge in [-0.05, 0) is 42.7 Å². The molecule has 25 heavy (non-hydrogen) atoms. The van der Waals surface area contributed by atoms with Crippen LogP contribution in [0.15, 0.2) is 24.3 Å². The van der Waals surface area contributed by atoms with Crippen molar-refractivity contribution in [3.8, 4) is 0 Å². The second kappa shape index (κ2) is 6.45. The Kier molecular flexibility index (Phi) is 4.28. The van der Waals surface area contributed by atoms with Crippen molar-refractivity contribution in [3.05, 3.63) is 35.4 Å². The summed E-state index contributed by atoms with van der Waals surface area (Å²) in [7, 11) is 0. The van der Waals surface area contributed by atoms with Gasteiger partial charge in [-0.3, -0.25) is 9.59 Å². The fraction of sp³-hybridized carbons (Fsp3) is 0.600. The lowest BCUT2D eigenvalue weighted by Crippen LogP contribution is -2.45. The summed E-state index contributed by atoms with van der Waals surface area (Å²) in [5.41, 5.74) is 1.85. The van der Waals surface area contributed by atoms with E-state index in [1.165, 1.54) is 11.1 Å². The van der Waals surface area contributed by atoms with Crippen LogP contribution in [-0.4, -0.2) is 48.2 Å². The van der Waals surface area contributed by atoms with Gasteiger partial charge in [-0.15, -0.1) is 0 Å². The normalized spacial score (nSPS) is 31.3. The monoisotopic (exact) mass is 343 g/mol. The van der Waals surface area contributed by atoms with Gasteiger partial charge in [-0.1, -0.05) is 24.3 Å². The number of fused-ring (bicyclic) bond motifs is 2. The molecule has 2 heterocycles. The zero-order chi connectivity index (χ0) is 17.4. The van der Waals surface area contributed by atoms with Crippen LogP contribution in [0, 0.1) is 11.3 Å². The molecular weight excluding hydrogens is 318 g/mol. The minimum Gasteiger partial charge on any atom is -0.481 e. The van der Waals surface area contributed by atoms with Crippen LogP contribution in [0.4, 0.5) is 0 Å². The smallest absolute Gasteiger partial charge is 0.311 e. The Labute approximate surface area is 148 Å². The second-order valence-electron chi connectivity index (χ2n) is 7.75. The number of likely N-dealkylation sites (tertiary alicyclic amines) is 1. The summed E-state index contributed by atoms with van der Waals surface area (Å²) in [6, 6.07) is 8.41. The SMILES string of the molecule is O=C(CC1CCCc2ccccc21)N1C[C@H]2COCC[C@@]2(C(=O)O)C1. The van der Waals surface area contributed by atoms with Gasteiger partial charge >= 0.3 is 5.97 Å². The minimum absolute atomic E-state index is 0.0821. The molecule has 1 amide bonds. The highest BCUT2D eigenvalue weighted by molar-refractivity contribution is 5.81. The summed E-state index contributed by atoms with van der Waals surface area (Å²) >= 11 is 0. The van der Waals surface area contributed by atoms with E-state index in [1.54, 1.807) is 4.90 Å². The summed E-state index contributed by atoms with van der Waals surface area (Å²) in [5, 5.41) is 9.76. The molecule has 1 aromatic carbocycles. The number of amides is 1. The summed E-state index contributed by atoms with van der Waals surface area (Å²) in [6.45, 7) is 1.77. The Balaban J connectivity index is 1.49. The Hall–Kier alpha value is -1.88. The van der Waals surface area contributed by atoms with Gasteiger partial charge in [0, 0.05) is 32.0 Å². The predicted molar refractivity (Wildman–Crippen MR) is 92.3 cm³/mol. The molecule has 0 aromatic heterocycles. The largest absolute Gasteiger partial charge is 0.481 e. The van der Waals surface area contributed by atoms with Crippen LogP contribution in [0.25, 0.3) is 0 Å². The van der Waals surface area contributed by atoms with Crippen LogP contribution in [-0.2, 0) is 20.7 Å². The molecule has 1 aliphatic carbocycles. The molecule has 2 saturated heterocycles. The van der Waals surface area contributed by atoms with Gasteiger partial charge in [0.2, 0.25) is 5.91 Å². The lowest BCUT2D eigenvalue weighted by atomic mass is 9.74. The Bertz CT molecular complexity index is 688. The van der Waals surface area contributed by atoms with E-state index in [0.717, 1.165) is 19.3 Å². The van der Waals surface area contributed by atoms with Crippen LogP contribution in [0.5, 0.6) is 0 Å². The number of rotatable bonds is 3. The number of ether oxygens (including phenoxy) is 1. The van der Waals surface area contributed by atoms with Gasteiger partial charge in [0.15, 0.2) is 0 Å². The van der Waals surface area contributed by atoms with E-state index in [2.05, 4.69) is 18.2 Å². The van der Waals surface area contributed by atoms with Crippen molar-refractivity contribution in [2.45, 2.75) is 38.0 Å². The molecule has 0 spiro atoms. The highest BCUT2D eigenvalue weighted by Crippen LogP contribution is 2.43. The predicted octanol–water partition coefficient (Wildman–Crippen LogP) is 2.45. The molecule has 0 radical (unpaired) electrons. The van der Waals surface area contributed by atoms with Crippen LogP contribution >= 0.6 is 0 Å². The standard InChI is InChI=1S/C20H25NO4/c22-18(10-15-6-3-5-14-4-1-2-7-17(14)15)21-11-16-12-25-9-8-20(16,13-21)19(23)24/h1-2,4,7,15-16H,3,5-6,8-13H2,(H,23,24)/t15?,16-,20+/m0/s1. The maximum Gasteiger partial charge on any atom is 0.311 e. The molecule has 1 N–H and O–H groups in total. The summed E-state index contributed by atoms with van der Waals surface area (Å²) in [4.78, 5) is 26.6. The average molecular weight is 343 g/mol. The van der Waals surface area contributed by atoms with Crippen molar-refractivity contribution < 1.29 is 19.4 Å². The number of nitrogens with zero attached hydrogens (tertiary/aromatic N) is 1. The van der Waals surface area contributed by atoms with Crippen molar-refractivity contribution in [1.82, 2.24) is 4.90 Å². The van der Waals surface area contributed by atoms with Crippen LogP contribution < -0.4 is 0 Å². The molecule has 0 saturated carbocycles. The quantitative estimate of drug-likeness (QED) is 0.915. The number of carbonyl (C=O) groups is 2. The van der Waals surface area contributed by atoms with E-state index in [-0.39, 0.29) is 17.7 Å². The Morgan fingerprint density at radius 3 is 2.96 bits per heavy atom. The zero-order valence-electron chi connectivity index (χ0n) is 14.4. The molecule has 1 unspecified atom stereocenters. The first-order valence-electron chi connectivity index (χ1n) is 9.27. The average Bonchev–Trinajstić information content (AvgIpc) is 3.03. The number of aryl methyl sites for hydroxylation is 1. The summed E-state index contributed by atoms with van der Waals surface area (Å²) in [6.07, 6.45) is 4.23. The molecule has 1 aromatic rings. The molecule has 5 nitrogen and oxygen atoms in total. The number of hydrogen-bond acceptors (Lipinski definition) is 3. The van der Waals surface area contributed by atoms with Crippen molar-refractivity contribution in [2.24, 2.45) is 11.3 Å². The van der Waals surface area contributed by atoms with E-state index in [1.807, 2.05) is 6.07 Å². The number of aliphatic carboxylic acids is 1. The molecule has 3 aliphatic rings. The summed E-state index contributed by atoms with van der Waals surface area (Å²) < 4.78 is 5.48. The van der Waals surface area contributed by atoms with E-state index in [9.17, 15) is 14.7 Å². The van der Waals surface area contributed by atoms with Crippen molar-refractivity contribution in [1.29, 1.82) is 0 Å². The topological polar surface area (TPSA) is 66.8 Å². The van der Waals surface area contributed by atoms with Gasteiger partial charge < -0.3 is 14.7 Å². The van der Waals surface area contributed by atoms with Crippen LogP contribution in [0.3, 0.4) is 0 Å². The third kappa shape index (κ3) is 2.84. The third-order valence-electron chi connectivity index (χ3n) is 6.40. The van der Waals surface area contributed by atoms with E-state index < -0.39 is 11.4 Å². The fourth-order valence-electron chi connectivity index (χ4n) is 4.90. The van der Waals surface area contributed by atoms with Gasteiger partial charge in [-0.2, -0.15) is 0 Å². The number of carboxylic acids is 1. The maximum absolute atomic E-state index is 12.9. The van der Waals surface area contributed by atoms with Crippen molar-refractivity contribution in [2.75, 3.05) is 26.3 Å². The van der Waals surface area contributed by atoms with Crippen LogP contribution in [0.1, 0.15) is 42.7 Å². The van der Waals surface area contributed by atoms with Gasteiger partial charge in [0.25, 0.3) is 0 Å². The Morgan fingerprint density at radius 2 is 2.16 bits per heavy atom. The second-order valence-corrected chi connectivity index (χ2v) is 7.75. The Morgan fingerprint density at radius 1 is 1.32 bits per heavy atom. The fourth-order valence-corrected chi connectivity index (χ4v) is 4.90. The number of hydrogen-bond donors (Lipinski definition) is 1. The third-order valence-corrected chi connectivity index (χ3v) is 6.40. The van der Waals surface area contributed by atoms with Gasteiger partial charge in [-0.25, -0.2) is 0 Å². The van der Waals surface area contributed by atoms with Gasteiger partial charge in [0.05, 0.1) is 12.0 Å². The van der Waals surface area contributed by atoms with E-state index >= 15 is 0 Å². The molecular formula is C20H25NO4. The maximum atomic E-state index is 12.9. The summed E-state index contributed by atoms with van der Waals surface area (Å²) in [5.74, 6) is -0.505. The number of benzene rings is 1. The van der Waals surface area contributed by atoms with Crippen molar-refractivity contribution >= 4 is 11.9 Å². The van der Waals surface area contributed by atoms with E-state index in [0.29, 0.717) is 39.1 Å². The molecule has 0 bridgehead atoms. The minimum atomic E-state index is -0.807. The first-order chi connectivity index (χ1) is 12.1. The molecule has 3 atom stereocenters. The van der Waals surface area contributed by atoms with Gasteiger partial charge in [0.1, 0.15) is 0 Å². The lowest BCUT2D eigenvalue weighted by Gasteiger charge is -2.33. The van der Waals surface area contributed by atoms with Crippen molar-refractivity contribution in [3.63, 3.8) is 0 Å². The highest BCUT2D eigenvalue weighted by atomic mass is 16.5. The molecule has 134 valence electrons. The lowest BCUT2D eigenvalue weighted by molar-refractivity contribution is -0.157. The number of carboxylic acid groups (broad SMARTS) is 1. The molecule has 4 rings (SSSR count). The molecule has 2 aliphatic heterocycles. The van der Waals surface area contributed by atoms with E-state index in [4.69, 9.17) is 4.74 Å². The first kappa shape index (κ1) is 16.6. The molecule has 5 heteroatoms. The highest BCUT2D eigenvalue weighted by Gasteiger charge is 2.54. The van der Waals surface area contributed by atoms with Crippen LogP contribution in [0.2, 0.25) is 0 Å².